The van der Waals surface area contributed by atoms with E-state index in [1.807, 2.05) is 48.6 Å². The molecule has 1 spiro atoms. The molecule has 1 aromatic rings. The van der Waals surface area contributed by atoms with E-state index in [0.717, 1.165) is 44.7 Å². The van der Waals surface area contributed by atoms with Crippen LogP contribution in [-0.2, 0) is 11.3 Å². The summed E-state index contributed by atoms with van der Waals surface area (Å²) < 4.78 is 1.83. The number of aryl methyl sites for hydroxylation is 1. The van der Waals surface area contributed by atoms with Crippen LogP contribution in [0.4, 0.5) is 0 Å². The zero-order valence-corrected chi connectivity index (χ0v) is 15.8. The Morgan fingerprint density at radius 2 is 2.00 bits per heavy atom. The summed E-state index contributed by atoms with van der Waals surface area (Å²) in [6.07, 6.45) is 2.44. The van der Waals surface area contributed by atoms with Crippen LogP contribution >= 0.6 is 0 Å². The Morgan fingerprint density at radius 1 is 1.32 bits per heavy atom. The number of amides is 2. The average molecular weight is 347 g/mol. The second-order valence-corrected chi connectivity index (χ2v) is 7.92. The van der Waals surface area contributed by atoms with E-state index in [0.29, 0.717) is 18.7 Å². The van der Waals surface area contributed by atoms with E-state index >= 15 is 0 Å². The molecule has 1 aromatic heterocycles. The Morgan fingerprint density at radius 3 is 2.56 bits per heavy atom. The molecule has 7 nitrogen and oxygen atoms in total. The summed E-state index contributed by atoms with van der Waals surface area (Å²) in [6, 6.07) is 1.88. The first-order valence-corrected chi connectivity index (χ1v) is 9.02. The number of nitrogens with zero attached hydrogens (tertiary/aromatic N) is 5. The van der Waals surface area contributed by atoms with Crippen molar-refractivity contribution in [3.63, 3.8) is 0 Å². The molecule has 3 rings (SSSR count). The molecular weight excluding hydrogens is 318 g/mol. The lowest BCUT2D eigenvalue weighted by atomic mass is 9.77. The Bertz CT molecular complexity index is 658. The molecule has 0 unspecified atom stereocenters. The fourth-order valence-corrected chi connectivity index (χ4v) is 3.97. The molecule has 2 fully saturated rings. The van der Waals surface area contributed by atoms with E-state index in [-0.39, 0.29) is 17.2 Å². The highest BCUT2D eigenvalue weighted by Gasteiger charge is 2.44. The van der Waals surface area contributed by atoms with Crippen LogP contribution in [-0.4, -0.2) is 83.6 Å². The highest BCUT2D eigenvalue weighted by Crippen LogP contribution is 2.40. The minimum Gasteiger partial charge on any atom is -0.345 e. The van der Waals surface area contributed by atoms with E-state index in [1.54, 1.807) is 0 Å². The van der Waals surface area contributed by atoms with Crippen LogP contribution in [0.2, 0.25) is 0 Å². The maximum atomic E-state index is 13.0. The molecule has 0 radical (unpaired) electrons. The van der Waals surface area contributed by atoms with Gasteiger partial charge in [0.2, 0.25) is 5.91 Å². The van der Waals surface area contributed by atoms with Crippen LogP contribution in [0, 0.1) is 12.3 Å². The number of hydrogen-bond donors (Lipinski definition) is 0. The van der Waals surface area contributed by atoms with Crippen molar-refractivity contribution >= 4 is 11.8 Å². The fraction of sp³-hybridized carbons (Fsp3) is 0.722. The number of hydrogen-bond acceptors (Lipinski definition) is 4. The van der Waals surface area contributed by atoms with Crippen molar-refractivity contribution in [3.8, 4) is 0 Å². The molecule has 0 bridgehead atoms. The normalized spacial score (nSPS) is 20.1. The van der Waals surface area contributed by atoms with E-state index in [1.165, 1.54) is 0 Å². The van der Waals surface area contributed by atoms with Crippen LogP contribution in [0.15, 0.2) is 6.07 Å². The Labute approximate surface area is 149 Å². The maximum Gasteiger partial charge on any atom is 0.272 e. The zero-order chi connectivity index (χ0) is 18.2. The zero-order valence-electron chi connectivity index (χ0n) is 15.8. The van der Waals surface area contributed by atoms with Crippen LogP contribution in [0.5, 0.6) is 0 Å². The standard InChI is InChI=1S/C18H29N5O2/c1-14-11-15(23(19-14)10-9-20(2)3)17(25)22-7-5-18(6-8-22)12-16(24)21(4)13-18/h11H,5-10,12-13H2,1-4H3. The summed E-state index contributed by atoms with van der Waals surface area (Å²) >= 11 is 0. The molecule has 2 amide bonds. The van der Waals surface area contributed by atoms with Crippen molar-refractivity contribution in [2.45, 2.75) is 32.7 Å². The SMILES string of the molecule is Cc1cc(C(=O)N2CCC3(CC2)CC(=O)N(C)C3)n(CCN(C)C)n1. The Kier molecular flexibility index (Phi) is 4.86. The largest absolute Gasteiger partial charge is 0.345 e. The number of likely N-dealkylation sites (tertiary alicyclic amines) is 2. The summed E-state index contributed by atoms with van der Waals surface area (Å²) in [7, 11) is 5.91. The van der Waals surface area contributed by atoms with Gasteiger partial charge in [-0.25, -0.2) is 0 Å². The van der Waals surface area contributed by atoms with Gasteiger partial charge in [-0.15, -0.1) is 0 Å². The minimum atomic E-state index is 0.0619. The first-order valence-electron chi connectivity index (χ1n) is 9.02. The molecule has 0 atom stereocenters. The third-order valence-corrected chi connectivity index (χ3v) is 5.52. The molecule has 7 heteroatoms. The van der Waals surface area contributed by atoms with E-state index < -0.39 is 0 Å². The van der Waals surface area contributed by atoms with Gasteiger partial charge < -0.3 is 14.7 Å². The summed E-state index contributed by atoms with van der Waals surface area (Å²) in [5.74, 6) is 0.295. The van der Waals surface area contributed by atoms with Crippen LogP contribution in [0.3, 0.4) is 0 Å². The van der Waals surface area contributed by atoms with Gasteiger partial charge in [-0.2, -0.15) is 5.10 Å². The lowest BCUT2D eigenvalue weighted by Gasteiger charge is -2.38. The Balaban J connectivity index is 1.66. The average Bonchev–Trinajstić information content (AvgIpc) is 3.05. The van der Waals surface area contributed by atoms with Gasteiger partial charge in [-0.1, -0.05) is 0 Å². The van der Waals surface area contributed by atoms with Gasteiger partial charge in [0.15, 0.2) is 0 Å². The van der Waals surface area contributed by atoms with Crippen molar-refractivity contribution < 1.29 is 9.59 Å². The highest BCUT2D eigenvalue weighted by atomic mass is 16.2. The van der Waals surface area contributed by atoms with E-state index in [9.17, 15) is 9.59 Å². The van der Waals surface area contributed by atoms with E-state index in [2.05, 4.69) is 10.00 Å². The van der Waals surface area contributed by atoms with Crippen molar-refractivity contribution in [2.75, 3.05) is 47.3 Å². The van der Waals surface area contributed by atoms with Gasteiger partial charge in [0.25, 0.3) is 5.91 Å². The summed E-state index contributed by atoms with van der Waals surface area (Å²) in [4.78, 5) is 30.7. The van der Waals surface area contributed by atoms with Gasteiger partial charge >= 0.3 is 0 Å². The van der Waals surface area contributed by atoms with Gasteiger partial charge in [0.1, 0.15) is 5.69 Å². The molecule has 25 heavy (non-hydrogen) atoms. The monoisotopic (exact) mass is 347 g/mol. The smallest absolute Gasteiger partial charge is 0.272 e. The first-order chi connectivity index (χ1) is 11.8. The number of carbonyl (C=O) groups is 2. The van der Waals surface area contributed by atoms with Gasteiger partial charge in [-0.3, -0.25) is 14.3 Å². The molecule has 0 aromatic carbocycles. The number of aromatic nitrogens is 2. The first kappa shape index (κ1) is 17.9. The number of rotatable bonds is 4. The van der Waals surface area contributed by atoms with Crippen molar-refractivity contribution in [1.82, 2.24) is 24.5 Å². The minimum absolute atomic E-state index is 0.0619. The molecule has 3 heterocycles. The molecule has 2 saturated heterocycles. The molecule has 0 aliphatic carbocycles. The van der Waals surface area contributed by atoms with Crippen molar-refractivity contribution in [2.24, 2.45) is 5.41 Å². The van der Waals surface area contributed by atoms with Gasteiger partial charge in [0, 0.05) is 45.1 Å². The van der Waals surface area contributed by atoms with E-state index in [4.69, 9.17) is 0 Å². The predicted octanol–water partition coefficient (Wildman–Crippen LogP) is 0.838. The summed E-state index contributed by atoms with van der Waals surface area (Å²) in [5.41, 5.74) is 1.62. The number of likely N-dealkylation sites (N-methyl/N-ethyl adjacent to an activating group) is 1. The van der Waals surface area contributed by atoms with Gasteiger partial charge in [0.05, 0.1) is 12.2 Å². The molecule has 0 N–H and O–H groups in total. The molecule has 0 saturated carbocycles. The third-order valence-electron chi connectivity index (χ3n) is 5.52. The topological polar surface area (TPSA) is 61.7 Å². The quantitative estimate of drug-likeness (QED) is 0.810. The molecular formula is C18H29N5O2. The van der Waals surface area contributed by atoms with Crippen molar-refractivity contribution in [3.05, 3.63) is 17.5 Å². The third kappa shape index (κ3) is 3.71. The molecule has 138 valence electrons. The second kappa shape index (κ2) is 6.78. The highest BCUT2D eigenvalue weighted by molar-refractivity contribution is 5.92. The number of piperidine rings is 1. The molecule has 2 aliphatic heterocycles. The summed E-state index contributed by atoms with van der Waals surface area (Å²) in [6.45, 7) is 5.75. The van der Waals surface area contributed by atoms with Crippen LogP contribution in [0.1, 0.15) is 35.4 Å². The summed E-state index contributed by atoms with van der Waals surface area (Å²) in [5, 5.41) is 4.48. The second-order valence-electron chi connectivity index (χ2n) is 7.92. The number of carbonyl (C=O) groups excluding carboxylic acids is 2. The lowest BCUT2D eigenvalue weighted by Crippen LogP contribution is -2.44. The van der Waals surface area contributed by atoms with Crippen molar-refractivity contribution in [1.29, 1.82) is 0 Å². The maximum absolute atomic E-state index is 13.0. The predicted molar refractivity (Wildman–Crippen MR) is 95.3 cm³/mol. The fourth-order valence-electron chi connectivity index (χ4n) is 3.97. The van der Waals surface area contributed by atoms with Gasteiger partial charge in [-0.05, 0) is 39.9 Å². The lowest BCUT2D eigenvalue weighted by molar-refractivity contribution is -0.126. The van der Waals surface area contributed by atoms with Crippen LogP contribution < -0.4 is 0 Å². The molecule has 2 aliphatic rings. The Hall–Kier alpha value is -1.89. The van der Waals surface area contributed by atoms with Crippen LogP contribution in [0.25, 0.3) is 0 Å².